The summed E-state index contributed by atoms with van der Waals surface area (Å²) in [6, 6.07) is 18.1. The number of nitrogens with zero attached hydrogens (tertiary/aromatic N) is 10. The Bertz CT molecular complexity index is 3650. The van der Waals surface area contributed by atoms with Gasteiger partial charge in [-0.15, -0.1) is 0 Å². The van der Waals surface area contributed by atoms with E-state index >= 15 is 0 Å². The molecule has 13 rings (SSSR count). The minimum atomic E-state index is -4.58. The smallest absolute Gasteiger partial charge is 0.433 e. The zero-order valence-electron chi connectivity index (χ0n) is 42.2. The summed E-state index contributed by atoms with van der Waals surface area (Å²) in [4.78, 5) is 52.4. The molecule has 6 atom stereocenters. The van der Waals surface area contributed by atoms with Crippen LogP contribution in [0.3, 0.4) is 0 Å². The van der Waals surface area contributed by atoms with Gasteiger partial charge < -0.3 is 48.0 Å². The Labute approximate surface area is 424 Å². The molecule has 1 unspecified atom stereocenters. The van der Waals surface area contributed by atoms with Gasteiger partial charge >= 0.3 is 6.18 Å². The van der Waals surface area contributed by atoms with E-state index in [-0.39, 0.29) is 46.9 Å². The maximum Gasteiger partial charge on any atom is 0.433 e. The molecule has 384 valence electrons. The molecular formula is C55H58F3N11O5. The number of rotatable bonds is 12. The van der Waals surface area contributed by atoms with E-state index in [1.807, 2.05) is 55.8 Å². The molecule has 2 aliphatic heterocycles. The summed E-state index contributed by atoms with van der Waals surface area (Å²) >= 11 is 0. The molecule has 19 heteroatoms. The van der Waals surface area contributed by atoms with E-state index in [2.05, 4.69) is 34.7 Å². The number of fused-ring (bicyclic) bond motifs is 4. The van der Waals surface area contributed by atoms with Crippen molar-refractivity contribution in [1.29, 1.82) is 0 Å². The summed E-state index contributed by atoms with van der Waals surface area (Å²) in [6.07, 6.45) is 0.884. The average Bonchev–Trinajstić information content (AvgIpc) is 3.75. The molecular weight excluding hydrogens is 952 g/mol. The number of hydrogen-bond donors (Lipinski definition) is 1. The third-order valence-electron chi connectivity index (χ3n) is 17.2. The monoisotopic (exact) mass is 1010 g/mol. The SMILES string of the molecule is COCCn1c(-c2nc3cc(C(=O)N4C[C@H](N)CC[C@@H]4C)cc(OC)c3n2C)cc2ccc(C34C[C@@H]5CN(C(=O)c6cc(OC)c7c(c6)nc(-c6cc8ccc(C(F)(F)F)nc8n6CC6CC6)n7C)[C@H](C3)[C@@H]54)nc21. The molecule has 0 radical (unpaired) electrons. The number of hydrogen-bond acceptors (Lipinski definition) is 10. The zero-order valence-corrected chi connectivity index (χ0v) is 42.2. The van der Waals surface area contributed by atoms with Crippen molar-refractivity contribution in [3.63, 3.8) is 0 Å². The first kappa shape index (κ1) is 46.8. The molecule has 2 saturated heterocycles. The Morgan fingerprint density at radius 1 is 0.730 bits per heavy atom. The predicted molar refractivity (Wildman–Crippen MR) is 272 cm³/mol. The molecule has 2 amide bonds. The van der Waals surface area contributed by atoms with Crippen molar-refractivity contribution in [3.8, 4) is 34.5 Å². The molecule has 5 fully saturated rings. The van der Waals surface area contributed by atoms with Crippen LogP contribution in [0.15, 0.2) is 60.7 Å². The van der Waals surface area contributed by atoms with E-state index in [0.29, 0.717) is 107 Å². The van der Waals surface area contributed by atoms with E-state index in [1.54, 1.807) is 33.5 Å². The number of carbonyl (C=O) groups is 2. The Morgan fingerprint density at radius 2 is 1.34 bits per heavy atom. The lowest BCUT2D eigenvalue weighted by Crippen LogP contribution is -2.65. The number of benzene rings is 2. The van der Waals surface area contributed by atoms with Gasteiger partial charge in [0, 0.05) is 98.5 Å². The molecule has 2 N–H and O–H groups in total. The van der Waals surface area contributed by atoms with Gasteiger partial charge in [0.05, 0.1) is 43.2 Å². The van der Waals surface area contributed by atoms with Gasteiger partial charge in [-0.05, 0) is 124 Å². The van der Waals surface area contributed by atoms with Gasteiger partial charge in [0.15, 0.2) is 11.6 Å². The molecule has 3 aliphatic carbocycles. The lowest BCUT2D eigenvalue weighted by Gasteiger charge is -2.63. The number of pyridine rings is 2. The summed E-state index contributed by atoms with van der Waals surface area (Å²) < 4.78 is 67.0. The van der Waals surface area contributed by atoms with E-state index in [4.69, 9.17) is 34.9 Å². The number of likely N-dealkylation sites (tertiary alicyclic amines) is 2. The number of methoxy groups -OCH3 is 3. The number of nitrogens with two attached hydrogens (primary N) is 1. The van der Waals surface area contributed by atoms with Gasteiger partial charge in [0.25, 0.3) is 11.8 Å². The minimum Gasteiger partial charge on any atom is -0.494 e. The predicted octanol–water partition coefficient (Wildman–Crippen LogP) is 8.34. The lowest BCUT2D eigenvalue weighted by molar-refractivity contribution is -0.141. The lowest BCUT2D eigenvalue weighted by atomic mass is 9.41. The molecule has 0 spiro atoms. The number of imidazole rings is 2. The average molecular weight is 1010 g/mol. The number of ether oxygens (including phenoxy) is 3. The van der Waals surface area contributed by atoms with E-state index < -0.39 is 11.9 Å². The standard InChI is InChI=1S/C55H58F3N11O5/c1-28-7-12-35(59)27-67(28)52(70)32-17-36-46(41(21-32)73-5)64(2)50(60-36)38-19-30-10-13-43(62-48(30)66(38)15-16-72-4)54-23-34-26-69(40(24-54)45(34)54)53(71)33-18-37-47(42(22-33)74-6)65(3)51(61-37)39-20-31-11-14-44(55(56,57)58)63-49(31)68(39)25-29-8-9-29/h10-11,13-14,17-22,28-29,34-35,40,45H,7-9,12,15-16,23-27,59H2,1-6H3/t28-,34+,35+,40+,45+,54?/m0/s1. The van der Waals surface area contributed by atoms with Gasteiger partial charge in [-0.3, -0.25) is 9.59 Å². The molecule has 74 heavy (non-hydrogen) atoms. The van der Waals surface area contributed by atoms with Gasteiger partial charge in [0.1, 0.15) is 39.5 Å². The van der Waals surface area contributed by atoms with Crippen molar-refractivity contribution in [1.82, 2.24) is 48.0 Å². The first-order chi connectivity index (χ1) is 35.6. The molecule has 6 aromatic heterocycles. The maximum absolute atomic E-state index is 14.7. The Balaban J connectivity index is 0.796. The molecule has 5 aliphatic rings. The normalized spacial score (nSPS) is 23.5. The number of amides is 2. The van der Waals surface area contributed by atoms with Gasteiger partial charge in [-0.2, -0.15) is 13.2 Å². The highest BCUT2D eigenvalue weighted by atomic mass is 19.4. The quantitative estimate of drug-likeness (QED) is 0.126. The van der Waals surface area contributed by atoms with Crippen molar-refractivity contribution in [2.75, 3.05) is 41.0 Å². The highest BCUT2D eigenvalue weighted by Gasteiger charge is 2.72. The highest BCUT2D eigenvalue weighted by molar-refractivity contribution is 6.02. The van der Waals surface area contributed by atoms with E-state index in [9.17, 15) is 22.8 Å². The summed E-state index contributed by atoms with van der Waals surface area (Å²) in [5.41, 5.74) is 12.5. The van der Waals surface area contributed by atoms with Crippen molar-refractivity contribution in [2.45, 2.75) is 88.3 Å². The third-order valence-corrected chi connectivity index (χ3v) is 17.2. The van der Waals surface area contributed by atoms with Gasteiger partial charge in [-0.25, -0.2) is 19.9 Å². The molecule has 2 aromatic carbocycles. The van der Waals surface area contributed by atoms with Crippen LogP contribution in [0.2, 0.25) is 0 Å². The minimum absolute atomic E-state index is 0.0457. The summed E-state index contributed by atoms with van der Waals surface area (Å²) in [7, 11) is 8.69. The molecule has 8 aromatic rings. The van der Waals surface area contributed by atoms with Crippen LogP contribution in [-0.4, -0.2) is 119 Å². The number of halogens is 3. The van der Waals surface area contributed by atoms with Crippen LogP contribution in [0.5, 0.6) is 11.5 Å². The summed E-state index contributed by atoms with van der Waals surface area (Å²) in [5, 5.41) is 1.57. The number of carbonyl (C=O) groups excluding carboxylic acids is 2. The summed E-state index contributed by atoms with van der Waals surface area (Å²) in [6.45, 7) is 4.72. The van der Waals surface area contributed by atoms with Crippen molar-refractivity contribution in [2.24, 2.45) is 37.6 Å². The van der Waals surface area contributed by atoms with Crippen molar-refractivity contribution >= 4 is 55.9 Å². The first-order valence-electron chi connectivity index (χ1n) is 25.6. The van der Waals surface area contributed by atoms with Crippen molar-refractivity contribution < 1.29 is 37.0 Å². The van der Waals surface area contributed by atoms with Crippen LogP contribution >= 0.6 is 0 Å². The first-order valence-corrected chi connectivity index (χ1v) is 25.6. The second kappa shape index (κ2) is 16.8. The van der Waals surface area contributed by atoms with Gasteiger partial charge in [-0.1, -0.05) is 0 Å². The fourth-order valence-electron chi connectivity index (χ4n) is 13.3. The number of aryl methyl sites for hydroxylation is 2. The van der Waals surface area contributed by atoms with Crippen LogP contribution in [0.4, 0.5) is 13.2 Å². The van der Waals surface area contributed by atoms with Crippen LogP contribution in [0, 0.1) is 17.8 Å². The molecule has 16 nitrogen and oxygen atoms in total. The highest BCUT2D eigenvalue weighted by Crippen LogP contribution is 2.69. The second-order valence-corrected chi connectivity index (χ2v) is 21.6. The number of piperidine rings is 1. The molecule has 0 bridgehead atoms. The van der Waals surface area contributed by atoms with Crippen LogP contribution in [-0.2, 0) is 43.5 Å². The topological polar surface area (TPSA) is 166 Å². The molecule has 3 saturated carbocycles. The largest absolute Gasteiger partial charge is 0.494 e. The fourth-order valence-corrected chi connectivity index (χ4v) is 13.3. The fraction of sp³-hybridized carbons (Fsp3) is 0.455. The third kappa shape index (κ3) is 7.00. The Morgan fingerprint density at radius 3 is 1.95 bits per heavy atom. The van der Waals surface area contributed by atoms with Gasteiger partial charge in [0.2, 0.25) is 0 Å². The molecule has 8 heterocycles. The number of aromatic nitrogens is 8. The van der Waals surface area contributed by atoms with Crippen LogP contribution in [0.1, 0.15) is 77.6 Å². The number of alkyl halides is 3. The second-order valence-electron chi connectivity index (χ2n) is 21.6. The van der Waals surface area contributed by atoms with Crippen LogP contribution < -0.4 is 15.2 Å². The van der Waals surface area contributed by atoms with E-state index in [0.717, 1.165) is 72.5 Å². The Hall–Kier alpha value is -6.99. The van der Waals surface area contributed by atoms with Crippen molar-refractivity contribution in [3.05, 3.63) is 83.2 Å². The summed E-state index contributed by atoms with van der Waals surface area (Å²) in [5.74, 6) is 3.07. The maximum atomic E-state index is 14.7. The Kier molecular flexibility index (Phi) is 10.6. The zero-order chi connectivity index (χ0) is 51.3. The van der Waals surface area contributed by atoms with E-state index in [1.165, 1.54) is 6.07 Å². The van der Waals surface area contributed by atoms with Crippen LogP contribution in [0.25, 0.3) is 67.2 Å².